The highest BCUT2D eigenvalue weighted by Crippen LogP contribution is 2.52. The summed E-state index contributed by atoms with van der Waals surface area (Å²) < 4.78 is 5.49. The van der Waals surface area contributed by atoms with Crippen LogP contribution in [0.2, 0.25) is 0 Å². The van der Waals surface area contributed by atoms with E-state index in [4.69, 9.17) is 4.52 Å². The van der Waals surface area contributed by atoms with Crippen LogP contribution in [0.3, 0.4) is 0 Å². The molecule has 0 saturated heterocycles. The Kier molecular flexibility index (Phi) is 4.06. The van der Waals surface area contributed by atoms with Gasteiger partial charge in [0.2, 0.25) is 5.89 Å². The topological polar surface area (TPSA) is 51.0 Å². The second kappa shape index (κ2) is 5.98. The second-order valence-corrected chi connectivity index (χ2v) is 5.83. The summed E-state index contributed by atoms with van der Waals surface area (Å²) in [6.07, 6.45) is 4.10. The molecule has 1 aromatic carbocycles. The average molecular weight is 285 g/mol. The third-order valence-corrected chi connectivity index (χ3v) is 4.38. The summed E-state index contributed by atoms with van der Waals surface area (Å²) in [5, 5.41) is 7.71. The van der Waals surface area contributed by atoms with Crippen LogP contribution in [-0.4, -0.2) is 22.7 Å². The molecule has 4 nitrogen and oxygen atoms in total. The van der Waals surface area contributed by atoms with E-state index < -0.39 is 0 Å². The van der Waals surface area contributed by atoms with E-state index in [-0.39, 0.29) is 5.41 Å². The minimum atomic E-state index is 0.00288. The fourth-order valence-corrected chi connectivity index (χ4v) is 2.92. The largest absolute Gasteiger partial charge is 0.339 e. The van der Waals surface area contributed by atoms with Crippen molar-refractivity contribution < 1.29 is 4.52 Å². The van der Waals surface area contributed by atoms with Crippen molar-refractivity contribution in [2.45, 2.75) is 51.0 Å². The highest BCUT2D eigenvalue weighted by Gasteiger charge is 2.49. The number of hydrogen-bond acceptors (Lipinski definition) is 4. The fraction of sp³-hybridized carbons (Fsp3) is 0.529. The predicted molar refractivity (Wildman–Crippen MR) is 82.2 cm³/mol. The first-order valence-corrected chi connectivity index (χ1v) is 7.90. The van der Waals surface area contributed by atoms with Crippen LogP contribution in [0.25, 0.3) is 0 Å². The monoisotopic (exact) mass is 285 g/mol. The molecule has 0 aliphatic heterocycles. The van der Waals surface area contributed by atoms with E-state index in [1.807, 2.05) is 6.07 Å². The minimum Gasteiger partial charge on any atom is -0.339 e. The van der Waals surface area contributed by atoms with Crippen LogP contribution in [0, 0.1) is 0 Å². The molecule has 1 N–H and O–H groups in total. The molecule has 112 valence electrons. The zero-order valence-electron chi connectivity index (χ0n) is 12.8. The van der Waals surface area contributed by atoms with Crippen LogP contribution in [0.15, 0.2) is 34.9 Å². The minimum absolute atomic E-state index is 0.00288. The Morgan fingerprint density at radius 1 is 1.24 bits per heavy atom. The molecule has 0 bridgehead atoms. The molecule has 0 amide bonds. The Morgan fingerprint density at radius 2 is 2.00 bits per heavy atom. The molecule has 1 aliphatic rings. The Bertz CT molecular complexity index is 575. The van der Waals surface area contributed by atoms with Gasteiger partial charge in [0.25, 0.3) is 0 Å². The van der Waals surface area contributed by atoms with Crippen molar-refractivity contribution in [1.82, 2.24) is 15.5 Å². The van der Waals surface area contributed by atoms with Crippen molar-refractivity contribution in [1.29, 1.82) is 0 Å². The Morgan fingerprint density at radius 3 is 2.62 bits per heavy atom. The van der Waals surface area contributed by atoms with Crippen molar-refractivity contribution in [3.05, 3.63) is 47.6 Å². The first-order chi connectivity index (χ1) is 10.3. The summed E-state index contributed by atoms with van der Waals surface area (Å²) in [5.74, 6) is 1.61. The maximum Gasteiger partial charge on any atom is 0.228 e. The lowest BCUT2D eigenvalue weighted by Crippen LogP contribution is -2.30. The summed E-state index contributed by atoms with van der Waals surface area (Å²) in [6, 6.07) is 10.9. The third-order valence-electron chi connectivity index (χ3n) is 4.38. The van der Waals surface area contributed by atoms with E-state index in [1.54, 1.807) is 0 Å². The van der Waals surface area contributed by atoms with E-state index in [9.17, 15) is 0 Å². The average Bonchev–Trinajstić information content (AvgIpc) is 3.21. The molecule has 0 spiro atoms. The molecule has 1 saturated carbocycles. The molecule has 0 radical (unpaired) electrons. The lowest BCUT2D eigenvalue weighted by Gasteiger charge is -2.12. The third kappa shape index (κ3) is 2.86. The molecule has 4 heteroatoms. The summed E-state index contributed by atoms with van der Waals surface area (Å²) >= 11 is 0. The van der Waals surface area contributed by atoms with Crippen LogP contribution >= 0.6 is 0 Å². The van der Waals surface area contributed by atoms with Gasteiger partial charge in [-0.3, -0.25) is 0 Å². The first kappa shape index (κ1) is 14.3. The van der Waals surface area contributed by atoms with Gasteiger partial charge in [-0.25, -0.2) is 0 Å². The standard InChI is InChI=1S/C17H23N3O/c1-3-14(18-4-2)12-15-19-16(20-21-15)17(10-11-17)13-8-6-5-7-9-13/h5-9,14,18H,3-4,10-12H2,1-2H3. The zero-order valence-corrected chi connectivity index (χ0v) is 12.8. The fourth-order valence-electron chi connectivity index (χ4n) is 2.92. The lowest BCUT2D eigenvalue weighted by atomic mass is 9.95. The molecule has 21 heavy (non-hydrogen) atoms. The molecule has 1 fully saturated rings. The lowest BCUT2D eigenvalue weighted by molar-refractivity contribution is 0.350. The van der Waals surface area contributed by atoms with Crippen LogP contribution in [-0.2, 0) is 11.8 Å². The van der Waals surface area contributed by atoms with Crippen LogP contribution < -0.4 is 5.32 Å². The number of rotatable bonds is 7. The Balaban J connectivity index is 1.76. The van der Waals surface area contributed by atoms with E-state index in [1.165, 1.54) is 5.56 Å². The zero-order chi connectivity index (χ0) is 14.7. The van der Waals surface area contributed by atoms with Gasteiger partial charge in [0, 0.05) is 12.5 Å². The molecule has 3 rings (SSSR count). The summed E-state index contributed by atoms with van der Waals surface area (Å²) in [5.41, 5.74) is 1.30. The molecular weight excluding hydrogens is 262 g/mol. The molecule has 2 aromatic rings. The van der Waals surface area contributed by atoms with Crippen LogP contribution in [0.4, 0.5) is 0 Å². The van der Waals surface area contributed by atoms with E-state index in [0.717, 1.165) is 43.9 Å². The van der Waals surface area contributed by atoms with Gasteiger partial charge in [0.15, 0.2) is 5.82 Å². The number of aromatic nitrogens is 2. The first-order valence-electron chi connectivity index (χ1n) is 7.90. The molecule has 1 aliphatic carbocycles. The highest BCUT2D eigenvalue weighted by atomic mass is 16.5. The number of nitrogens with one attached hydrogen (secondary N) is 1. The number of nitrogens with zero attached hydrogens (tertiary/aromatic N) is 2. The predicted octanol–water partition coefficient (Wildman–Crippen LogP) is 3.08. The summed E-state index contributed by atoms with van der Waals surface area (Å²) in [4.78, 5) is 4.67. The van der Waals surface area contributed by atoms with Gasteiger partial charge in [-0.05, 0) is 31.4 Å². The van der Waals surface area contributed by atoms with E-state index in [0.29, 0.717) is 6.04 Å². The molecule has 1 heterocycles. The van der Waals surface area contributed by atoms with Crippen molar-refractivity contribution in [2.75, 3.05) is 6.54 Å². The SMILES string of the molecule is CCNC(CC)Cc1nc(C2(c3ccccc3)CC2)no1. The van der Waals surface area contributed by atoms with Gasteiger partial charge in [-0.15, -0.1) is 0 Å². The van der Waals surface area contributed by atoms with E-state index in [2.05, 4.69) is 53.6 Å². The van der Waals surface area contributed by atoms with Gasteiger partial charge in [-0.1, -0.05) is 49.3 Å². The van der Waals surface area contributed by atoms with Crippen molar-refractivity contribution in [3.8, 4) is 0 Å². The van der Waals surface area contributed by atoms with Crippen molar-refractivity contribution in [3.63, 3.8) is 0 Å². The van der Waals surface area contributed by atoms with Crippen molar-refractivity contribution >= 4 is 0 Å². The summed E-state index contributed by atoms with van der Waals surface area (Å²) in [6.45, 7) is 5.26. The van der Waals surface area contributed by atoms with Crippen LogP contribution in [0.5, 0.6) is 0 Å². The van der Waals surface area contributed by atoms with Gasteiger partial charge >= 0.3 is 0 Å². The molecule has 1 atom stereocenters. The van der Waals surface area contributed by atoms with Gasteiger partial charge in [-0.2, -0.15) is 4.98 Å². The molecular formula is C17H23N3O. The maximum atomic E-state index is 5.49. The normalized spacial score (nSPS) is 17.6. The molecule has 1 aromatic heterocycles. The van der Waals surface area contributed by atoms with E-state index >= 15 is 0 Å². The number of hydrogen-bond donors (Lipinski definition) is 1. The maximum absolute atomic E-state index is 5.49. The Labute approximate surface area is 126 Å². The Hall–Kier alpha value is -1.68. The van der Waals surface area contributed by atoms with Crippen LogP contribution in [0.1, 0.15) is 50.4 Å². The molecule has 1 unspecified atom stereocenters. The van der Waals surface area contributed by atoms with Gasteiger partial charge in [0.05, 0.1) is 5.41 Å². The van der Waals surface area contributed by atoms with Gasteiger partial charge in [0.1, 0.15) is 0 Å². The number of benzene rings is 1. The number of likely N-dealkylation sites (N-methyl/N-ethyl adjacent to an activating group) is 1. The van der Waals surface area contributed by atoms with Gasteiger partial charge < -0.3 is 9.84 Å². The smallest absolute Gasteiger partial charge is 0.228 e. The summed E-state index contributed by atoms with van der Waals surface area (Å²) in [7, 11) is 0. The highest BCUT2D eigenvalue weighted by molar-refractivity contribution is 5.38. The quantitative estimate of drug-likeness (QED) is 0.849. The van der Waals surface area contributed by atoms with Crippen molar-refractivity contribution in [2.24, 2.45) is 0 Å². The second-order valence-electron chi connectivity index (χ2n) is 5.83.